The molecular formula is C34H42N6O2. The maximum atomic E-state index is 13.9. The highest BCUT2D eigenvalue weighted by atomic mass is 16.2. The van der Waals surface area contributed by atoms with Gasteiger partial charge < -0.3 is 27.0 Å². The van der Waals surface area contributed by atoms with Gasteiger partial charge in [-0.15, -0.1) is 0 Å². The van der Waals surface area contributed by atoms with Crippen LogP contribution in [0.25, 0.3) is 6.08 Å². The number of hydrogen-bond acceptors (Lipinski definition) is 4. The highest BCUT2D eigenvalue weighted by Crippen LogP contribution is 2.27. The molecule has 2 amide bonds. The molecule has 0 spiro atoms. The van der Waals surface area contributed by atoms with Crippen molar-refractivity contribution >= 4 is 23.8 Å². The fourth-order valence-electron chi connectivity index (χ4n) is 5.35. The summed E-state index contributed by atoms with van der Waals surface area (Å²) in [6, 6.07) is 30.0. The number of hydrogen-bond donors (Lipinski definition) is 4. The minimum Gasteiger partial charge on any atom is -0.370 e. The summed E-state index contributed by atoms with van der Waals surface area (Å²) in [6.45, 7) is 3.84. The van der Waals surface area contributed by atoms with Crippen LogP contribution in [-0.2, 0) is 9.59 Å². The summed E-state index contributed by atoms with van der Waals surface area (Å²) in [7, 11) is 0. The Morgan fingerprint density at radius 2 is 1.60 bits per heavy atom. The van der Waals surface area contributed by atoms with Crippen LogP contribution in [0, 0.1) is 0 Å². The van der Waals surface area contributed by atoms with Gasteiger partial charge in [0.05, 0.1) is 6.04 Å². The van der Waals surface area contributed by atoms with E-state index in [0.29, 0.717) is 51.0 Å². The molecule has 1 fully saturated rings. The largest absolute Gasteiger partial charge is 0.370 e. The van der Waals surface area contributed by atoms with Crippen molar-refractivity contribution < 1.29 is 9.59 Å². The number of benzene rings is 3. The summed E-state index contributed by atoms with van der Waals surface area (Å²) >= 11 is 0. The number of carbonyl (C=O) groups excluding carboxylic acids is 2. The molecule has 0 saturated carbocycles. The molecule has 0 aliphatic carbocycles. The Morgan fingerprint density at radius 1 is 1.00 bits per heavy atom. The Balaban J connectivity index is 1.48. The summed E-state index contributed by atoms with van der Waals surface area (Å²) in [4.78, 5) is 32.9. The van der Waals surface area contributed by atoms with Crippen LogP contribution >= 0.6 is 0 Å². The molecule has 3 aromatic rings. The van der Waals surface area contributed by atoms with Crippen LogP contribution in [0.15, 0.2) is 102 Å². The van der Waals surface area contributed by atoms with Crippen LogP contribution in [0.5, 0.6) is 0 Å². The second-order valence-electron chi connectivity index (χ2n) is 10.8. The molecule has 8 heteroatoms. The van der Waals surface area contributed by atoms with E-state index in [1.807, 2.05) is 84.6 Å². The third kappa shape index (κ3) is 9.04. The SMILES string of the molecule is CC(=Cc1ccccc1)C(=O)NC[C@@H]1CCN(CC(c2ccccc2)c2ccccc2)C(=O)[C@H](CCCN=C(N)N)N1. The fraction of sp³-hybridized carbons (Fsp3) is 0.324. The Morgan fingerprint density at radius 3 is 2.19 bits per heavy atom. The molecule has 1 aliphatic heterocycles. The number of guanidine groups is 1. The van der Waals surface area contributed by atoms with Gasteiger partial charge in [0.25, 0.3) is 0 Å². The van der Waals surface area contributed by atoms with Crippen LogP contribution in [0.1, 0.15) is 48.8 Å². The van der Waals surface area contributed by atoms with E-state index in [-0.39, 0.29) is 29.7 Å². The van der Waals surface area contributed by atoms with E-state index < -0.39 is 6.04 Å². The van der Waals surface area contributed by atoms with Gasteiger partial charge in [-0.05, 0) is 49.0 Å². The number of nitrogens with zero attached hydrogens (tertiary/aromatic N) is 2. The summed E-state index contributed by atoms with van der Waals surface area (Å²) in [5, 5.41) is 6.61. The van der Waals surface area contributed by atoms with Gasteiger partial charge in [0, 0.05) is 43.7 Å². The number of amides is 2. The molecule has 0 aromatic heterocycles. The van der Waals surface area contributed by atoms with Crippen LogP contribution in [-0.4, -0.2) is 60.9 Å². The molecule has 0 unspecified atom stereocenters. The van der Waals surface area contributed by atoms with Crippen LogP contribution in [0.3, 0.4) is 0 Å². The molecule has 0 radical (unpaired) electrons. The lowest BCUT2D eigenvalue weighted by atomic mass is 9.90. The molecule has 2 atom stereocenters. The molecule has 0 bridgehead atoms. The first-order valence-electron chi connectivity index (χ1n) is 14.6. The molecule has 1 heterocycles. The maximum absolute atomic E-state index is 13.9. The van der Waals surface area contributed by atoms with Crippen molar-refractivity contribution in [2.75, 3.05) is 26.2 Å². The van der Waals surface area contributed by atoms with Crippen molar-refractivity contribution in [1.29, 1.82) is 0 Å². The highest BCUT2D eigenvalue weighted by Gasteiger charge is 2.32. The van der Waals surface area contributed by atoms with Crippen molar-refractivity contribution in [1.82, 2.24) is 15.5 Å². The van der Waals surface area contributed by atoms with Crippen LogP contribution in [0.2, 0.25) is 0 Å². The Kier molecular flexibility index (Phi) is 11.3. The molecule has 1 aliphatic rings. The lowest BCUT2D eigenvalue weighted by Gasteiger charge is -2.29. The first-order valence-corrected chi connectivity index (χ1v) is 14.6. The van der Waals surface area contributed by atoms with E-state index in [4.69, 9.17) is 11.5 Å². The van der Waals surface area contributed by atoms with Gasteiger partial charge in [0.15, 0.2) is 5.96 Å². The van der Waals surface area contributed by atoms with E-state index in [2.05, 4.69) is 39.9 Å². The highest BCUT2D eigenvalue weighted by molar-refractivity contribution is 5.97. The quantitative estimate of drug-likeness (QED) is 0.115. The summed E-state index contributed by atoms with van der Waals surface area (Å²) in [6.07, 6.45) is 3.84. The maximum Gasteiger partial charge on any atom is 0.246 e. The molecular weight excluding hydrogens is 524 g/mol. The zero-order valence-corrected chi connectivity index (χ0v) is 24.3. The van der Waals surface area contributed by atoms with Gasteiger partial charge >= 0.3 is 0 Å². The topological polar surface area (TPSA) is 126 Å². The number of nitrogens with two attached hydrogens (primary N) is 2. The fourth-order valence-corrected chi connectivity index (χ4v) is 5.35. The Bertz CT molecular complexity index is 1300. The minimum absolute atomic E-state index is 0.0423. The first-order chi connectivity index (χ1) is 20.4. The summed E-state index contributed by atoms with van der Waals surface area (Å²) in [5.74, 6) is 0.0293. The van der Waals surface area contributed by atoms with Gasteiger partial charge in [0.1, 0.15) is 0 Å². The normalized spacial score (nSPS) is 17.5. The van der Waals surface area contributed by atoms with Crippen LogP contribution < -0.4 is 22.1 Å². The number of carbonyl (C=O) groups is 2. The summed E-state index contributed by atoms with van der Waals surface area (Å²) < 4.78 is 0. The third-order valence-corrected chi connectivity index (χ3v) is 7.60. The predicted molar refractivity (Wildman–Crippen MR) is 170 cm³/mol. The predicted octanol–water partition coefficient (Wildman–Crippen LogP) is 3.65. The summed E-state index contributed by atoms with van der Waals surface area (Å²) in [5.41, 5.74) is 15.0. The smallest absolute Gasteiger partial charge is 0.246 e. The number of rotatable bonds is 12. The minimum atomic E-state index is -0.406. The molecule has 4 rings (SSSR count). The third-order valence-electron chi connectivity index (χ3n) is 7.60. The molecule has 42 heavy (non-hydrogen) atoms. The standard InChI is InChI=1S/C34H42N6O2/c1-25(22-26-12-5-2-6-13-26)32(41)38-23-29-19-21-40(33(42)31(39-29)18-11-20-37-34(35)36)24-30(27-14-7-3-8-15-27)28-16-9-4-10-17-28/h2-10,12-17,22,29-31,39H,11,18-21,23-24H2,1H3,(H,38,41)(H4,35,36,37)/t29-,31-/m0/s1. The Labute approximate surface area is 248 Å². The van der Waals surface area contributed by atoms with Gasteiger partial charge in [-0.2, -0.15) is 0 Å². The molecule has 3 aromatic carbocycles. The van der Waals surface area contributed by atoms with Gasteiger partial charge in [0.2, 0.25) is 11.8 Å². The van der Waals surface area contributed by atoms with Crippen molar-refractivity contribution in [2.24, 2.45) is 16.5 Å². The van der Waals surface area contributed by atoms with Crippen molar-refractivity contribution in [2.45, 2.75) is 44.2 Å². The van der Waals surface area contributed by atoms with Gasteiger partial charge in [-0.25, -0.2) is 0 Å². The average Bonchev–Trinajstić information content (AvgIpc) is 3.16. The lowest BCUT2D eigenvalue weighted by molar-refractivity contribution is -0.133. The zero-order valence-electron chi connectivity index (χ0n) is 24.3. The Hall–Kier alpha value is -4.43. The molecule has 220 valence electrons. The average molecular weight is 567 g/mol. The lowest BCUT2D eigenvalue weighted by Crippen LogP contribution is -2.49. The van der Waals surface area contributed by atoms with Crippen LogP contribution in [0.4, 0.5) is 0 Å². The van der Waals surface area contributed by atoms with Gasteiger partial charge in [-0.3, -0.25) is 14.6 Å². The van der Waals surface area contributed by atoms with E-state index >= 15 is 0 Å². The van der Waals surface area contributed by atoms with E-state index in [1.54, 1.807) is 0 Å². The molecule has 1 saturated heterocycles. The first kappa shape index (κ1) is 30.5. The molecule has 8 nitrogen and oxygen atoms in total. The second kappa shape index (κ2) is 15.5. The van der Waals surface area contributed by atoms with E-state index in [1.165, 1.54) is 11.1 Å². The molecule has 6 N–H and O–H groups in total. The van der Waals surface area contributed by atoms with Crippen molar-refractivity contribution in [3.8, 4) is 0 Å². The monoisotopic (exact) mass is 566 g/mol. The second-order valence-corrected chi connectivity index (χ2v) is 10.8. The van der Waals surface area contributed by atoms with Crippen molar-refractivity contribution in [3.05, 3.63) is 113 Å². The number of nitrogens with one attached hydrogen (secondary N) is 2. The van der Waals surface area contributed by atoms with E-state index in [0.717, 1.165) is 5.56 Å². The van der Waals surface area contributed by atoms with Gasteiger partial charge in [-0.1, -0.05) is 91.0 Å². The number of aliphatic imine (C=N–C) groups is 1. The van der Waals surface area contributed by atoms with Crippen molar-refractivity contribution in [3.63, 3.8) is 0 Å². The van der Waals surface area contributed by atoms with E-state index in [9.17, 15) is 9.59 Å². The zero-order chi connectivity index (χ0) is 29.7.